The monoisotopic (exact) mass is 296 g/mol. The van der Waals surface area contributed by atoms with Crippen molar-refractivity contribution < 1.29 is 16.1 Å². The van der Waals surface area contributed by atoms with Gasteiger partial charge in [0.15, 0.2) is 0 Å². The van der Waals surface area contributed by atoms with Crippen molar-refractivity contribution in [3.05, 3.63) is 12.2 Å². The van der Waals surface area contributed by atoms with Crippen LogP contribution in [0.15, 0.2) is 12.2 Å². The van der Waals surface area contributed by atoms with Gasteiger partial charge in [0.1, 0.15) is 0 Å². The Balaban J connectivity index is 1.60. The van der Waals surface area contributed by atoms with Gasteiger partial charge in [0, 0.05) is 0 Å². The topological polar surface area (TPSA) is 34.1 Å². The molecule has 10 rings (SSSR count). The van der Waals surface area contributed by atoms with Gasteiger partial charge in [-0.3, -0.25) is 0 Å². The molecule has 3 heteroatoms. The fraction of sp³-hybridized carbons (Fsp3) is 0.750. The van der Waals surface area contributed by atoms with Crippen molar-refractivity contribution in [3.63, 3.8) is 0 Å². The molecule has 0 aromatic rings. The summed E-state index contributed by atoms with van der Waals surface area (Å²) in [7, 11) is 0. The standard InChI is InChI=1S/C9H9O.C7H7O.Fe/c1-2-5-9(10)8-6-3-4-7-8;1-6(8)7-4-2-3-5-7;/h2-7H,1H3;2-5H,1H3;. The summed E-state index contributed by atoms with van der Waals surface area (Å²) >= 11 is 0. The fourth-order valence-corrected chi connectivity index (χ4v) is 94.6. The molecule has 10 heterocycles. The molecule has 0 saturated carbocycles. The molecule has 0 bridgehead atoms. The molecule has 0 aromatic carbocycles. The Kier molecular flexibility index (Phi) is 0.246. The molecule has 8 unspecified atom stereocenters. The van der Waals surface area contributed by atoms with Gasteiger partial charge in [-0.15, -0.1) is 0 Å². The predicted octanol–water partition coefficient (Wildman–Crippen LogP) is 3.85. The van der Waals surface area contributed by atoms with Gasteiger partial charge < -0.3 is 0 Å². The van der Waals surface area contributed by atoms with E-state index in [9.17, 15) is 9.59 Å². The first kappa shape index (κ1) is 7.56. The molecule has 0 N–H and O–H groups in total. The molecule has 8 atom stereocenters. The zero-order chi connectivity index (χ0) is 12.5. The van der Waals surface area contributed by atoms with E-state index >= 15 is 0 Å². The van der Waals surface area contributed by atoms with E-state index in [1.165, 1.54) is 0 Å². The van der Waals surface area contributed by atoms with Crippen molar-refractivity contribution in [2.24, 2.45) is 0 Å². The molecule has 0 radical (unpaired) electrons. The average molecular weight is 296 g/mol. The molecule has 1 spiro atoms. The van der Waals surface area contributed by atoms with Crippen molar-refractivity contribution in [3.8, 4) is 0 Å². The van der Waals surface area contributed by atoms with E-state index in [-0.39, 0.29) is 8.63 Å². The van der Waals surface area contributed by atoms with Gasteiger partial charge in [-0.2, -0.15) is 0 Å². The third-order valence-corrected chi connectivity index (χ3v) is 58.9. The number of hydrogen-bond donors (Lipinski definition) is 0. The first-order valence-electron chi connectivity index (χ1n) is 7.75. The van der Waals surface area contributed by atoms with Crippen LogP contribution < -0.4 is 0 Å². The van der Waals surface area contributed by atoms with Crippen LogP contribution in [0.3, 0.4) is 0 Å². The van der Waals surface area contributed by atoms with Gasteiger partial charge in [-0.25, -0.2) is 0 Å². The van der Waals surface area contributed by atoms with Crippen LogP contribution in [0.5, 0.6) is 0 Å². The second-order valence-corrected chi connectivity index (χ2v) is 34.4. The van der Waals surface area contributed by atoms with Crippen molar-refractivity contribution in [1.29, 1.82) is 0 Å². The Morgan fingerprint density at radius 1 is 0.947 bits per heavy atom. The van der Waals surface area contributed by atoms with Gasteiger partial charge >= 0.3 is 101 Å². The molecule has 10 fully saturated rings. The SMILES string of the molecule is CC=CC(=O)[C]12[CH]3[CH]4[CH]5[CH]1[Fe]45321678[CH]2[CH]1[CH]6[C]7(C(C)=O)[CH]28. The van der Waals surface area contributed by atoms with E-state index in [0.717, 1.165) is 38.5 Å². The van der Waals surface area contributed by atoms with Crippen molar-refractivity contribution in [2.45, 2.75) is 61.0 Å². The van der Waals surface area contributed by atoms with E-state index in [1.807, 2.05) is 26.0 Å². The van der Waals surface area contributed by atoms with E-state index < -0.39 is 6.51 Å². The second kappa shape index (κ2) is 0.618. The molecule has 0 amide bonds. The number of carbonyl (C=O) groups is 2. The zero-order valence-electron chi connectivity index (χ0n) is 10.9. The van der Waals surface area contributed by atoms with Gasteiger partial charge in [-0.05, 0) is 0 Å². The van der Waals surface area contributed by atoms with Crippen LogP contribution in [0, 0.1) is 0 Å². The molecule has 10 saturated heterocycles. The first-order valence-corrected chi connectivity index (χ1v) is 14.0. The maximum absolute atomic E-state index is 13.0. The third kappa shape index (κ3) is 0.0740. The summed E-state index contributed by atoms with van der Waals surface area (Å²) in [6.45, 7) is 0.163. The van der Waals surface area contributed by atoms with Crippen molar-refractivity contribution in [1.82, 2.24) is 0 Å². The summed E-state index contributed by atoms with van der Waals surface area (Å²) in [5, 5.41) is 0. The average Bonchev–Trinajstić information content (AvgIpc) is 3.32. The normalized spacial score (nSPS) is 112. The Hall–Kier alpha value is -0.401. The van der Waals surface area contributed by atoms with Gasteiger partial charge in [-0.1, -0.05) is 0 Å². The van der Waals surface area contributed by atoms with Crippen LogP contribution in [0.4, 0.5) is 0 Å². The number of allylic oxidation sites excluding steroid dienone is 2. The van der Waals surface area contributed by atoms with Gasteiger partial charge in [0.2, 0.25) is 0 Å². The molecule has 100 valence electrons. The zero-order valence-corrected chi connectivity index (χ0v) is 12.0. The Bertz CT molecular complexity index is 1170. The third-order valence-electron chi connectivity index (χ3n) is 16.0. The number of hydrogen-bond acceptors (Lipinski definition) is 2. The van der Waals surface area contributed by atoms with Crippen molar-refractivity contribution in [2.75, 3.05) is 0 Å². The Morgan fingerprint density at radius 3 is 1.74 bits per heavy atom. The first-order chi connectivity index (χ1) is 8.86. The van der Waals surface area contributed by atoms with Crippen molar-refractivity contribution >= 4 is 11.6 Å². The van der Waals surface area contributed by atoms with Crippen LogP contribution >= 0.6 is 0 Å². The maximum atomic E-state index is 13.0. The molecular formula is C16H16FeO2. The molecule has 19 heavy (non-hydrogen) atoms. The molecular weight excluding hydrogens is 280 g/mol. The van der Waals surface area contributed by atoms with Crippen LogP contribution in [0.1, 0.15) is 13.8 Å². The molecule has 2 nitrogen and oxygen atoms in total. The summed E-state index contributed by atoms with van der Waals surface area (Å²) < 4.78 is 0.443. The molecule has 10 aliphatic heterocycles. The van der Waals surface area contributed by atoms with Crippen LogP contribution in [0.25, 0.3) is 0 Å². The predicted molar refractivity (Wildman–Crippen MR) is 65.9 cm³/mol. The summed E-state index contributed by atoms with van der Waals surface area (Å²) in [4.78, 5) is 33.3. The minimum absolute atomic E-state index is 0.201. The Morgan fingerprint density at radius 2 is 1.42 bits per heavy atom. The number of fused-ring (bicyclic) bond motifs is 10. The minimum atomic E-state index is -3.71. The second-order valence-electron chi connectivity index (χ2n) is 11.2. The molecule has 10 aliphatic rings. The van der Waals surface area contributed by atoms with Gasteiger partial charge in [0.05, 0.1) is 0 Å². The van der Waals surface area contributed by atoms with E-state index in [4.69, 9.17) is 0 Å². The summed E-state index contributed by atoms with van der Waals surface area (Å²) in [5.74, 6) is 1.08. The van der Waals surface area contributed by atoms with Crippen LogP contribution in [-0.4, -0.2) is 11.6 Å². The quantitative estimate of drug-likeness (QED) is 0.585. The van der Waals surface area contributed by atoms with E-state index in [1.54, 1.807) is 0 Å². The number of Topliss-reactive ketones (excluding diaryl/α,β-unsaturated/α-hetero) is 1. The van der Waals surface area contributed by atoms with E-state index in [2.05, 4.69) is 0 Å². The number of carbonyl (C=O) groups excluding carboxylic acids is 2. The molecule has 0 aliphatic carbocycles. The summed E-state index contributed by atoms with van der Waals surface area (Å²) in [6, 6.07) is 0. The van der Waals surface area contributed by atoms with Crippen LogP contribution in [0.2, 0.25) is 47.2 Å². The molecule has 0 aromatic heterocycles. The fourth-order valence-electron chi connectivity index (χ4n) is 18.5. The summed E-state index contributed by atoms with van der Waals surface area (Å²) in [6.07, 6.45) is 3.85. The van der Waals surface area contributed by atoms with Gasteiger partial charge in [0.25, 0.3) is 0 Å². The summed E-state index contributed by atoms with van der Waals surface area (Å²) in [5.41, 5.74) is 0. The number of rotatable bonds is 3. The van der Waals surface area contributed by atoms with Crippen LogP contribution in [-0.2, 0) is 16.1 Å². The number of ketones is 2. The Labute approximate surface area is 101 Å². The van der Waals surface area contributed by atoms with E-state index in [0.29, 0.717) is 11.6 Å².